The van der Waals surface area contributed by atoms with Crippen LogP contribution in [0, 0.1) is 11.8 Å². The van der Waals surface area contributed by atoms with E-state index in [0.29, 0.717) is 19.4 Å². The Bertz CT molecular complexity index is 841. The smallest absolute Gasteiger partial charge is 0.410 e. The van der Waals surface area contributed by atoms with Gasteiger partial charge in [0, 0.05) is 58.8 Å². The number of fused-ring (bicyclic) bond motifs is 6. The van der Waals surface area contributed by atoms with Crippen LogP contribution in [0.2, 0.25) is 0 Å². The Hall–Kier alpha value is -2.08. The number of ketones is 2. The Kier molecular flexibility index (Phi) is 7.59. The molecule has 1 amide bonds. The van der Waals surface area contributed by atoms with Crippen molar-refractivity contribution < 1.29 is 38.1 Å². The summed E-state index contributed by atoms with van der Waals surface area (Å²) in [6.07, 6.45) is 3.77. The van der Waals surface area contributed by atoms with E-state index in [1.54, 1.807) is 14.2 Å². The number of likely N-dealkylation sites (tertiary alicyclic amines) is 1. The molecule has 3 atom stereocenters. The summed E-state index contributed by atoms with van der Waals surface area (Å²) in [5, 5.41) is 0. The van der Waals surface area contributed by atoms with Crippen molar-refractivity contribution in [2.45, 2.75) is 55.6 Å². The molecule has 0 radical (unpaired) electrons. The number of Topliss-reactive ketones (excluding diaryl/α,β-unsaturated/α-hetero) is 2. The molecule has 7 heterocycles. The van der Waals surface area contributed by atoms with E-state index >= 15 is 0 Å². The minimum absolute atomic E-state index is 0.0234. The number of carbonyl (C=O) groups is 4. The Morgan fingerprint density at radius 3 is 1.68 bits per heavy atom. The Labute approximate surface area is 217 Å². The molecule has 7 aliphatic heterocycles. The summed E-state index contributed by atoms with van der Waals surface area (Å²) in [5.41, 5.74) is -1.93. The molecule has 7 rings (SSSR count). The Morgan fingerprint density at radius 2 is 1.22 bits per heavy atom. The second-order valence-electron chi connectivity index (χ2n) is 11.2. The topological polar surface area (TPSA) is 115 Å². The predicted octanol–water partition coefficient (Wildman–Crippen LogP) is 0.490. The molecule has 206 valence electrons. The van der Waals surface area contributed by atoms with Crippen LogP contribution in [0.25, 0.3) is 0 Å². The number of ether oxygens (including phenoxy) is 4. The van der Waals surface area contributed by atoms with Gasteiger partial charge >= 0.3 is 12.1 Å². The van der Waals surface area contributed by atoms with Crippen molar-refractivity contribution in [3.05, 3.63) is 0 Å². The average molecular weight is 522 g/mol. The largest absolute Gasteiger partial charge is 0.462 e. The monoisotopic (exact) mass is 521 g/mol. The molecule has 0 aromatic heterocycles. The summed E-state index contributed by atoms with van der Waals surface area (Å²) in [6.45, 7) is 3.61. The van der Waals surface area contributed by atoms with Gasteiger partial charge in [0.15, 0.2) is 11.6 Å². The molecular formula is C26H39N3O8. The van der Waals surface area contributed by atoms with Crippen molar-refractivity contribution in [3.8, 4) is 0 Å². The van der Waals surface area contributed by atoms with Crippen LogP contribution >= 0.6 is 0 Å². The fraction of sp³-hybridized carbons (Fsp3) is 0.846. The summed E-state index contributed by atoms with van der Waals surface area (Å²) in [7, 11) is 3.09. The Morgan fingerprint density at radius 1 is 0.730 bits per heavy atom. The van der Waals surface area contributed by atoms with Crippen LogP contribution in [0.4, 0.5) is 4.79 Å². The highest BCUT2D eigenvalue weighted by atomic mass is 16.6. The molecule has 7 aliphatic rings. The van der Waals surface area contributed by atoms with E-state index in [1.807, 2.05) is 0 Å². The maximum Gasteiger partial charge on any atom is 0.410 e. The molecule has 0 aliphatic carbocycles. The second kappa shape index (κ2) is 10.6. The molecule has 7 saturated heterocycles. The third-order valence-electron chi connectivity index (χ3n) is 9.27. The van der Waals surface area contributed by atoms with Crippen molar-refractivity contribution in [2.75, 3.05) is 73.4 Å². The highest BCUT2D eigenvalue weighted by Gasteiger charge is 2.56. The number of methoxy groups -OCH3 is 2. The van der Waals surface area contributed by atoms with E-state index in [2.05, 4.69) is 9.80 Å². The zero-order chi connectivity index (χ0) is 26.2. The number of hydrogen-bond acceptors (Lipinski definition) is 10. The first-order valence-corrected chi connectivity index (χ1v) is 13.5. The zero-order valence-electron chi connectivity index (χ0n) is 21.9. The summed E-state index contributed by atoms with van der Waals surface area (Å²) < 4.78 is 22.2. The quantitative estimate of drug-likeness (QED) is 0.397. The zero-order valence-corrected chi connectivity index (χ0v) is 21.9. The number of rotatable bonds is 9. The van der Waals surface area contributed by atoms with Gasteiger partial charge in [-0.15, -0.1) is 0 Å². The molecule has 0 spiro atoms. The number of piperidine rings is 6. The number of nitrogens with zero attached hydrogens (tertiary/aromatic N) is 3. The van der Waals surface area contributed by atoms with Crippen LogP contribution in [0.5, 0.6) is 0 Å². The van der Waals surface area contributed by atoms with E-state index in [-0.39, 0.29) is 49.8 Å². The third-order valence-corrected chi connectivity index (χ3v) is 9.27. The van der Waals surface area contributed by atoms with Crippen molar-refractivity contribution in [1.82, 2.24) is 14.7 Å². The minimum atomic E-state index is -0.969. The van der Waals surface area contributed by atoms with Gasteiger partial charge in [0.05, 0.1) is 13.2 Å². The number of esters is 1. The maximum absolute atomic E-state index is 13.2. The first kappa shape index (κ1) is 26.5. The standard InChI is InChI=1S/C26H39N3O8/c1-34-14-25(21(30)18-5-10-27(25)11-6-18)16-36-23(32)20-4-3-9-29(20)24(33)37-17-26(15-35-2)22(31)19-7-12-28(26)13-8-19/h18-20H,3-17H2,1-2H3/t20-,25+,26+/m0/s1. The molecule has 37 heavy (non-hydrogen) atoms. The lowest BCUT2D eigenvalue weighted by Gasteiger charge is -2.52. The van der Waals surface area contributed by atoms with E-state index in [1.165, 1.54) is 4.90 Å². The van der Waals surface area contributed by atoms with Gasteiger partial charge in [0.25, 0.3) is 0 Å². The minimum Gasteiger partial charge on any atom is -0.462 e. The van der Waals surface area contributed by atoms with Gasteiger partial charge in [0.1, 0.15) is 30.3 Å². The van der Waals surface area contributed by atoms with Gasteiger partial charge in [-0.2, -0.15) is 0 Å². The number of hydrogen-bond donors (Lipinski definition) is 0. The highest BCUT2D eigenvalue weighted by molar-refractivity contribution is 5.93. The summed E-state index contributed by atoms with van der Waals surface area (Å²) in [6, 6.07) is -0.782. The lowest BCUT2D eigenvalue weighted by Crippen LogP contribution is -2.69. The fourth-order valence-electron chi connectivity index (χ4n) is 7.20. The molecule has 0 N–H and O–H groups in total. The summed E-state index contributed by atoms with van der Waals surface area (Å²) >= 11 is 0. The first-order valence-electron chi connectivity index (χ1n) is 13.5. The molecule has 0 saturated carbocycles. The van der Waals surface area contributed by atoms with Crippen molar-refractivity contribution in [1.29, 1.82) is 0 Å². The molecule has 0 aromatic carbocycles. The number of amides is 1. The highest BCUT2D eigenvalue weighted by Crippen LogP contribution is 2.38. The molecule has 0 aromatic rings. The molecule has 11 heteroatoms. The van der Waals surface area contributed by atoms with Crippen molar-refractivity contribution in [2.24, 2.45) is 11.8 Å². The van der Waals surface area contributed by atoms with Crippen LogP contribution in [0.15, 0.2) is 0 Å². The van der Waals surface area contributed by atoms with Gasteiger partial charge in [-0.1, -0.05) is 0 Å². The molecule has 11 nitrogen and oxygen atoms in total. The van der Waals surface area contributed by atoms with Gasteiger partial charge in [-0.3, -0.25) is 24.3 Å². The van der Waals surface area contributed by atoms with Crippen LogP contribution in [0.1, 0.15) is 38.5 Å². The SMILES string of the molecule is COC[C@@]1(COC(=O)[C@@H]2CCCN2C(=O)OC[C@]2(COC)C(=O)C3CCN2CC3)C(=O)C2CCN1CC2. The van der Waals surface area contributed by atoms with Crippen LogP contribution in [-0.4, -0.2) is 129 Å². The molecule has 0 unspecified atom stereocenters. The van der Waals surface area contributed by atoms with E-state index in [4.69, 9.17) is 18.9 Å². The molecule has 7 fully saturated rings. The third kappa shape index (κ3) is 4.47. The molecular weight excluding hydrogens is 482 g/mol. The summed E-state index contributed by atoms with van der Waals surface area (Å²) in [5.74, 6) is -0.441. The normalized spacial score (nSPS) is 38.8. The predicted molar refractivity (Wildman–Crippen MR) is 130 cm³/mol. The fourth-order valence-corrected chi connectivity index (χ4v) is 7.20. The lowest BCUT2D eigenvalue weighted by atomic mass is 9.74. The second-order valence-corrected chi connectivity index (χ2v) is 11.2. The van der Waals surface area contributed by atoms with E-state index in [0.717, 1.165) is 51.9 Å². The first-order chi connectivity index (χ1) is 17.9. The molecule has 4 bridgehead atoms. The number of carbonyl (C=O) groups excluding carboxylic acids is 4. The van der Waals surface area contributed by atoms with Gasteiger partial charge in [-0.05, 0) is 38.5 Å². The van der Waals surface area contributed by atoms with E-state index in [9.17, 15) is 19.2 Å². The lowest BCUT2D eigenvalue weighted by molar-refractivity contribution is -0.170. The maximum atomic E-state index is 13.2. The van der Waals surface area contributed by atoms with Gasteiger partial charge < -0.3 is 18.9 Å². The van der Waals surface area contributed by atoms with Gasteiger partial charge in [0.2, 0.25) is 0 Å². The van der Waals surface area contributed by atoms with Crippen LogP contribution in [-0.2, 0) is 33.3 Å². The van der Waals surface area contributed by atoms with Crippen molar-refractivity contribution in [3.63, 3.8) is 0 Å². The van der Waals surface area contributed by atoms with Crippen LogP contribution in [0.3, 0.4) is 0 Å². The van der Waals surface area contributed by atoms with Crippen LogP contribution < -0.4 is 0 Å². The summed E-state index contributed by atoms with van der Waals surface area (Å²) in [4.78, 5) is 58.2. The Balaban J connectivity index is 1.22. The van der Waals surface area contributed by atoms with E-state index < -0.39 is 29.2 Å². The van der Waals surface area contributed by atoms with Gasteiger partial charge in [-0.25, -0.2) is 9.59 Å². The average Bonchev–Trinajstić information content (AvgIpc) is 3.42. The van der Waals surface area contributed by atoms with Crippen molar-refractivity contribution >= 4 is 23.6 Å².